The number of benzene rings is 2. The summed E-state index contributed by atoms with van der Waals surface area (Å²) in [6.07, 6.45) is 1.05. The Morgan fingerprint density at radius 2 is 1.79 bits per heavy atom. The summed E-state index contributed by atoms with van der Waals surface area (Å²) in [5.74, 6) is 0.588. The maximum atomic E-state index is 12.5. The van der Waals surface area contributed by atoms with Crippen molar-refractivity contribution < 1.29 is 9.59 Å². The summed E-state index contributed by atoms with van der Waals surface area (Å²) in [7, 11) is 0. The normalized spacial score (nSPS) is 11.0. The summed E-state index contributed by atoms with van der Waals surface area (Å²) < 4.78 is 2.20. The molecule has 1 aromatic heterocycles. The number of carbonyl (C=O) groups is 2. The minimum Gasteiger partial charge on any atom is -0.326 e. The summed E-state index contributed by atoms with van der Waals surface area (Å²) >= 11 is 1.44. The van der Waals surface area contributed by atoms with Crippen molar-refractivity contribution in [3.05, 3.63) is 48.5 Å². The number of amides is 2. The van der Waals surface area contributed by atoms with Crippen molar-refractivity contribution in [3.63, 3.8) is 0 Å². The molecule has 2 amide bonds. The number of hydrogen-bond donors (Lipinski definition) is 2. The third kappa shape index (κ3) is 5.84. The molecule has 0 spiro atoms. The van der Waals surface area contributed by atoms with Crippen LogP contribution in [0.2, 0.25) is 0 Å². The first kappa shape index (κ1) is 20.9. The highest BCUT2D eigenvalue weighted by atomic mass is 32.2. The van der Waals surface area contributed by atoms with Gasteiger partial charge in [0.05, 0.1) is 16.8 Å². The van der Waals surface area contributed by atoms with Crippen molar-refractivity contribution in [1.82, 2.24) is 9.55 Å². The van der Waals surface area contributed by atoms with Gasteiger partial charge in [0.25, 0.3) is 0 Å². The van der Waals surface area contributed by atoms with Crippen LogP contribution in [0.25, 0.3) is 11.0 Å². The minimum atomic E-state index is -0.149. The van der Waals surface area contributed by atoms with Crippen LogP contribution in [-0.2, 0) is 16.1 Å². The van der Waals surface area contributed by atoms with Crippen LogP contribution in [0.4, 0.5) is 11.4 Å². The number of anilines is 2. The van der Waals surface area contributed by atoms with Crippen LogP contribution in [-0.4, -0.2) is 27.1 Å². The number of nitrogens with zero attached hydrogens (tertiary/aromatic N) is 2. The van der Waals surface area contributed by atoms with Crippen LogP contribution in [0.3, 0.4) is 0 Å². The molecule has 7 heteroatoms. The maximum Gasteiger partial charge on any atom is 0.234 e. The Kier molecular flexibility index (Phi) is 6.93. The number of rotatable bonds is 8. The molecule has 3 rings (SSSR count). The number of aromatic nitrogens is 2. The molecule has 3 aromatic rings. The lowest BCUT2D eigenvalue weighted by Gasteiger charge is -2.11. The molecule has 0 aliphatic heterocycles. The van der Waals surface area contributed by atoms with Crippen LogP contribution >= 0.6 is 11.8 Å². The number of para-hydroxylation sites is 2. The number of imidazole rings is 1. The van der Waals surface area contributed by atoms with E-state index in [4.69, 9.17) is 4.98 Å². The Morgan fingerprint density at radius 3 is 2.52 bits per heavy atom. The van der Waals surface area contributed by atoms with E-state index in [9.17, 15) is 9.59 Å². The molecule has 6 nitrogen and oxygen atoms in total. The van der Waals surface area contributed by atoms with Gasteiger partial charge in [-0.3, -0.25) is 9.59 Å². The lowest BCUT2D eigenvalue weighted by Crippen LogP contribution is -2.15. The van der Waals surface area contributed by atoms with E-state index in [2.05, 4.69) is 35.1 Å². The van der Waals surface area contributed by atoms with Crippen molar-refractivity contribution in [1.29, 1.82) is 0 Å². The Hall–Kier alpha value is -2.80. The number of aryl methyl sites for hydroxylation is 1. The van der Waals surface area contributed by atoms with E-state index >= 15 is 0 Å². The van der Waals surface area contributed by atoms with Gasteiger partial charge in [-0.15, -0.1) is 0 Å². The molecule has 0 unspecified atom stereocenters. The van der Waals surface area contributed by atoms with Crippen molar-refractivity contribution in [2.24, 2.45) is 5.92 Å². The van der Waals surface area contributed by atoms with Gasteiger partial charge in [-0.25, -0.2) is 4.98 Å². The zero-order valence-electron chi connectivity index (χ0n) is 16.9. The summed E-state index contributed by atoms with van der Waals surface area (Å²) in [4.78, 5) is 28.4. The first-order valence-corrected chi connectivity index (χ1v) is 10.7. The molecule has 29 heavy (non-hydrogen) atoms. The van der Waals surface area contributed by atoms with Gasteiger partial charge in [-0.05, 0) is 42.7 Å². The number of thioether (sulfide) groups is 1. The van der Waals surface area contributed by atoms with E-state index in [0.717, 1.165) is 29.2 Å². The second-order valence-electron chi connectivity index (χ2n) is 7.32. The largest absolute Gasteiger partial charge is 0.326 e. The van der Waals surface area contributed by atoms with E-state index in [1.165, 1.54) is 18.7 Å². The van der Waals surface area contributed by atoms with Gasteiger partial charge in [0.1, 0.15) is 0 Å². The average Bonchev–Trinajstić information content (AvgIpc) is 3.02. The van der Waals surface area contributed by atoms with Crippen LogP contribution in [0.1, 0.15) is 27.2 Å². The fraction of sp³-hybridized carbons (Fsp3) is 0.318. The highest BCUT2D eigenvalue weighted by Gasteiger charge is 2.13. The Balaban J connectivity index is 1.67. The molecule has 0 fully saturated rings. The predicted molar refractivity (Wildman–Crippen MR) is 119 cm³/mol. The molecule has 0 saturated carbocycles. The van der Waals surface area contributed by atoms with Crippen LogP contribution in [0, 0.1) is 5.92 Å². The molecule has 1 heterocycles. The predicted octanol–water partition coefficient (Wildman–Crippen LogP) is 4.77. The SMILES string of the molecule is CC(=O)Nc1cccc(NC(=O)CSc2nc3ccccc3n2CCC(C)C)c1. The maximum absolute atomic E-state index is 12.5. The van der Waals surface area contributed by atoms with Crippen molar-refractivity contribution >= 4 is 46.0 Å². The molecule has 0 aliphatic carbocycles. The number of carbonyl (C=O) groups excluding carboxylic acids is 2. The van der Waals surface area contributed by atoms with Crippen molar-refractivity contribution in [2.75, 3.05) is 16.4 Å². The Labute approximate surface area is 175 Å². The molecule has 2 N–H and O–H groups in total. The summed E-state index contributed by atoms with van der Waals surface area (Å²) in [5.41, 5.74) is 3.34. The zero-order valence-corrected chi connectivity index (χ0v) is 17.8. The lowest BCUT2D eigenvalue weighted by molar-refractivity contribution is -0.114. The molecule has 2 aromatic carbocycles. The second kappa shape index (κ2) is 9.60. The number of nitrogens with one attached hydrogen (secondary N) is 2. The lowest BCUT2D eigenvalue weighted by atomic mass is 10.1. The van der Waals surface area contributed by atoms with Gasteiger partial charge in [-0.1, -0.05) is 43.8 Å². The van der Waals surface area contributed by atoms with Crippen LogP contribution in [0.15, 0.2) is 53.7 Å². The highest BCUT2D eigenvalue weighted by molar-refractivity contribution is 7.99. The smallest absolute Gasteiger partial charge is 0.234 e. The van der Waals surface area contributed by atoms with Crippen LogP contribution in [0.5, 0.6) is 0 Å². The third-order valence-electron chi connectivity index (χ3n) is 4.35. The highest BCUT2D eigenvalue weighted by Crippen LogP contribution is 2.25. The molecule has 0 aliphatic rings. The molecule has 0 atom stereocenters. The summed E-state index contributed by atoms with van der Waals surface area (Å²) in [6.45, 7) is 6.73. The van der Waals surface area contributed by atoms with E-state index in [0.29, 0.717) is 17.3 Å². The Morgan fingerprint density at radius 1 is 1.07 bits per heavy atom. The number of hydrogen-bond acceptors (Lipinski definition) is 4. The number of fused-ring (bicyclic) bond motifs is 1. The van der Waals surface area contributed by atoms with E-state index in [-0.39, 0.29) is 17.6 Å². The average molecular weight is 411 g/mol. The van der Waals surface area contributed by atoms with E-state index < -0.39 is 0 Å². The first-order valence-electron chi connectivity index (χ1n) is 9.68. The zero-order chi connectivity index (χ0) is 20.8. The monoisotopic (exact) mass is 410 g/mol. The first-order chi connectivity index (χ1) is 13.9. The molecule has 0 radical (unpaired) electrons. The van der Waals surface area contributed by atoms with Gasteiger partial charge in [0.15, 0.2) is 5.16 Å². The summed E-state index contributed by atoms with van der Waals surface area (Å²) in [5, 5.41) is 6.45. The fourth-order valence-electron chi connectivity index (χ4n) is 2.97. The fourth-order valence-corrected chi connectivity index (χ4v) is 3.81. The third-order valence-corrected chi connectivity index (χ3v) is 5.33. The molecule has 0 bridgehead atoms. The Bertz CT molecular complexity index is 1010. The minimum absolute atomic E-state index is 0.113. The quantitative estimate of drug-likeness (QED) is 0.525. The van der Waals surface area contributed by atoms with E-state index in [1.54, 1.807) is 24.3 Å². The standard InChI is InChI=1S/C22H26N4O2S/c1-15(2)11-12-26-20-10-5-4-9-19(20)25-22(26)29-14-21(28)24-18-8-6-7-17(13-18)23-16(3)27/h4-10,13,15H,11-12,14H2,1-3H3,(H,23,27)(H,24,28). The van der Waals surface area contributed by atoms with E-state index in [1.807, 2.05) is 18.2 Å². The molecule has 0 saturated heterocycles. The topological polar surface area (TPSA) is 76.0 Å². The molecular formula is C22H26N4O2S. The van der Waals surface area contributed by atoms with Gasteiger partial charge in [0, 0.05) is 24.8 Å². The van der Waals surface area contributed by atoms with Gasteiger partial charge >= 0.3 is 0 Å². The van der Waals surface area contributed by atoms with Crippen LogP contribution < -0.4 is 10.6 Å². The molecule has 152 valence electrons. The van der Waals surface area contributed by atoms with Gasteiger partial charge in [-0.2, -0.15) is 0 Å². The van der Waals surface area contributed by atoms with Gasteiger partial charge < -0.3 is 15.2 Å². The van der Waals surface area contributed by atoms with Gasteiger partial charge in [0.2, 0.25) is 11.8 Å². The van der Waals surface area contributed by atoms with Crippen molar-refractivity contribution in [3.8, 4) is 0 Å². The van der Waals surface area contributed by atoms with Crippen molar-refractivity contribution in [2.45, 2.75) is 38.9 Å². The molecular weight excluding hydrogens is 384 g/mol. The second-order valence-corrected chi connectivity index (χ2v) is 8.26. The summed E-state index contributed by atoms with van der Waals surface area (Å²) in [6, 6.07) is 15.2.